The maximum absolute atomic E-state index is 13.2. The van der Waals surface area contributed by atoms with Crippen LogP contribution in [-0.2, 0) is 0 Å². The van der Waals surface area contributed by atoms with Crippen LogP contribution in [0.3, 0.4) is 0 Å². The second kappa shape index (κ2) is 7.54. The van der Waals surface area contributed by atoms with Crippen molar-refractivity contribution in [2.75, 3.05) is 33.2 Å². The highest BCUT2D eigenvalue weighted by atomic mass is 16.2. The molecule has 3 heterocycles. The van der Waals surface area contributed by atoms with Gasteiger partial charge in [-0.3, -0.25) is 14.0 Å². The van der Waals surface area contributed by atoms with Gasteiger partial charge in [-0.2, -0.15) is 0 Å². The first-order valence-electron chi connectivity index (χ1n) is 11.0. The molecule has 7 nitrogen and oxygen atoms in total. The molecule has 158 valence electrons. The number of fused-ring (bicyclic) bond motifs is 3. The van der Waals surface area contributed by atoms with Crippen molar-refractivity contribution in [2.24, 2.45) is 0 Å². The summed E-state index contributed by atoms with van der Waals surface area (Å²) in [5.41, 5.74) is 3.66. The number of hydrogen-bond donors (Lipinski definition) is 1. The fourth-order valence-electron chi connectivity index (χ4n) is 5.00. The number of piperazine rings is 1. The van der Waals surface area contributed by atoms with Crippen molar-refractivity contribution in [3.05, 3.63) is 45.6 Å². The number of likely N-dealkylation sites (N-methyl/N-ethyl adjacent to an activating group) is 1. The summed E-state index contributed by atoms with van der Waals surface area (Å²) in [5.74, 6) is 1.41. The molecule has 0 bridgehead atoms. The first-order valence-corrected chi connectivity index (χ1v) is 11.0. The van der Waals surface area contributed by atoms with Crippen LogP contribution in [0.25, 0.3) is 16.6 Å². The number of carbonyl (C=O) groups is 1. The topological polar surface area (TPSA) is 73.7 Å². The van der Waals surface area contributed by atoms with Crippen LogP contribution in [0.4, 0.5) is 0 Å². The van der Waals surface area contributed by atoms with Gasteiger partial charge in [-0.05, 0) is 44.5 Å². The van der Waals surface area contributed by atoms with E-state index >= 15 is 0 Å². The van der Waals surface area contributed by atoms with Crippen molar-refractivity contribution in [1.82, 2.24) is 24.2 Å². The van der Waals surface area contributed by atoms with Gasteiger partial charge >= 0.3 is 0 Å². The van der Waals surface area contributed by atoms with Crippen molar-refractivity contribution in [1.29, 1.82) is 0 Å². The Labute approximate surface area is 175 Å². The quantitative estimate of drug-likeness (QED) is 0.709. The summed E-state index contributed by atoms with van der Waals surface area (Å²) in [5, 5.41) is 0. The highest BCUT2D eigenvalue weighted by molar-refractivity contribution is 5.99. The zero-order valence-corrected chi connectivity index (χ0v) is 17.8. The molecule has 2 aromatic heterocycles. The molecule has 0 atom stereocenters. The number of aryl methyl sites for hydroxylation is 1. The van der Waals surface area contributed by atoms with E-state index in [1.54, 1.807) is 6.20 Å². The van der Waals surface area contributed by atoms with Crippen molar-refractivity contribution in [3.8, 4) is 0 Å². The molecule has 2 fully saturated rings. The Kier molecular flexibility index (Phi) is 4.85. The van der Waals surface area contributed by atoms with Gasteiger partial charge in [0.15, 0.2) is 0 Å². The maximum atomic E-state index is 13.2. The Bertz CT molecular complexity index is 1160. The summed E-state index contributed by atoms with van der Waals surface area (Å²) in [6.07, 6.45) is 7.63. The molecule has 2 aliphatic rings. The van der Waals surface area contributed by atoms with Crippen molar-refractivity contribution < 1.29 is 4.79 Å². The van der Waals surface area contributed by atoms with Crippen LogP contribution in [0.15, 0.2) is 23.1 Å². The van der Waals surface area contributed by atoms with Gasteiger partial charge < -0.3 is 14.8 Å². The van der Waals surface area contributed by atoms with Crippen LogP contribution in [0.5, 0.6) is 0 Å². The number of carbonyl (C=O) groups excluding carboxylic acids is 1. The molecule has 5 rings (SSSR count). The van der Waals surface area contributed by atoms with E-state index in [0.717, 1.165) is 55.9 Å². The molecule has 1 aliphatic heterocycles. The van der Waals surface area contributed by atoms with Crippen molar-refractivity contribution in [3.63, 3.8) is 0 Å². The standard InChI is InChI=1S/C23H29N5O2/c1-15-12-19-18(13-17(15)23(30)27-10-8-26(2)9-11-27)25-22(29)20-14-24-21(28(19)20)16-6-4-3-5-7-16/h12-14,16H,3-11H2,1-2H3,(H,25,29). The highest BCUT2D eigenvalue weighted by Gasteiger charge is 2.25. The molecule has 3 aromatic rings. The van der Waals surface area contributed by atoms with Crippen LogP contribution in [0, 0.1) is 6.92 Å². The van der Waals surface area contributed by atoms with Crippen molar-refractivity contribution in [2.45, 2.75) is 44.9 Å². The largest absolute Gasteiger partial charge is 0.336 e. The normalized spacial score (nSPS) is 19.1. The number of nitrogens with one attached hydrogen (secondary N) is 1. The number of aromatic amines is 1. The molecule has 1 aromatic carbocycles. The van der Waals surface area contributed by atoms with E-state index in [1.807, 2.05) is 28.4 Å². The Morgan fingerprint density at radius 1 is 1.07 bits per heavy atom. The number of H-pyrrole nitrogens is 1. The summed E-state index contributed by atoms with van der Waals surface area (Å²) >= 11 is 0. The van der Waals surface area contributed by atoms with Gasteiger partial charge in [-0.1, -0.05) is 19.3 Å². The monoisotopic (exact) mass is 407 g/mol. The summed E-state index contributed by atoms with van der Waals surface area (Å²) in [6, 6.07) is 3.90. The Balaban J connectivity index is 1.62. The Hall–Kier alpha value is -2.67. The molecule has 1 amide bonds. The minimum absolute atomic E-state index is 0.0431. The average molecular weight is 408 g/mol. The van der Waals surface area contributed by atoms with Crippen molar-refractivity contribution >= 4 is 22.5 Å². The lowest BCUT2D eigenvalue weighted by molar-refractivity contribution is 0.0663. The third-order valence-corrected chi connectivity index (χ3v) is 6.84. The molecule has 1 N–H and O–H groups in total. The molecule has 1 aliphatic carbocycles. The fraction of sp³-hybridized carbons (Fsp3) is 0.522. The maximum Gasteiger partial charge on any atom is 0.274 e. The van der Waals surface area contributed by atoms with E-state index in [-0.39, 0.29) is 11.5 Å². The average Bonchev–Trinajstić information content (AvgIpc) is 3.21. The van der Waals surface area contributed by atoms with E-state index in [9.17, 15) is 9.59 Å². The first kappa shape index (κ1) is 19.3. The van der Waals surface area contributed by atoms with Crippen LogP contribution < -0.4 is 5.56 Å². The van der Waals surface area contributed by atoms with E-state index < -0.39 is 0 Å². The second-order valence-electron chi connectivity index (χ2n) is 8.91. The second-order valence-corrected chi connectivity index (χ2v) is 8.91. The summed E-state index contributed by atoms with van der Waals surface area (Å²) in [4.78, 5) is 37.7. The van der Waals surface area contributed by atoms with Crippen LogP contribution in [0.2, 0.25) is 0 Å². The number of hydrogen-bond acceptors (Lipinski definition) is 4. The van der Waals surface area contributed by atoms with Gasteiger partial charge in [-0.25, -0.2) is 4.98 Å². The minimum atomic E-state index is -0.154. The number of imidazole rings is 1. The Morgan fingerprint density at radius 2 is 1.80 bits per heavy atom. The molecular weight excluding hydrogens is 378 g/mol. The number of amides is 1. The molecule has 0 spiro atoms. The fourth-order valence-corrected chi connectivity index (χ4v) is 5.00. The van der Waals surface area contributed by atoms with Crippen LogP contribution in [-0.4, -0.2) is 63.3 Å². The number of nitrogens with zero attached hydrogens (tertiary/aromatic N) is 4. The zero-order valence-electron chi connectivity index (χ0n) is 17.8. The van der Waals surface area contributed by atoms with Gasteiger partial charge in [-0.15, -0.1) is 0 Å². The molecule has 0 unspecified atom stereocenters. The highest BCUT2D eigenvalue weighted by Crippen LogP contribution is 2.33. The van der Waals surface area contributed by atoms with Crippen LogP contribution in [0.1, 0.15) is 59.8 Å². The summed E-state index contributed by atoms with van der Waals surface area (Å²) in [7, 11) is 2.08. The predicted octanol–water partition coefficient (Wildman–Crippen LogP) is 2.92. The molecular formula is C23H29N5O2. The third-order valence-electron chi connectivity index (χ3n) is 6.84. The molecule has 1 saturated carbocycles. The van der Waals surface area contributed by atoms with Gasteiger partial charge in [0.25, 0.3) is 11.5 Å². The van der Waals surface area contributed by atoms with Gasteiger partial charge in [0.1, 0.15) is 11.3 Å². The van der Waals surface area contributed by atoms with Gasteiger partial charge in [0.05, 0.1) is 17.2 Å². The Morgan fingerprint density at radius 3 is 2.53 bits per heavy atom. The van der Waals surface area contributed by atoms with Crippen LogP contribution >= 0.6 is 0 Å². The predicted molar refractivity (Wildman–Crippen MR) is 117 cm³/mol. The molecule has 0 radical (unpaired) electrons. The lowest BCUT2D eigenvalue weighted by atomic mass is 9.88. The molecule has 1 saturated heterocycles. The van der Waals surface area contributed by atoms with Gasteiger partial charge in [0, 0.05) is 37.7 Å². The summed E-state index contributed by atoms with van der Waals surface area (Å²) in [6.45, 7) is 5.22. The summed E-state index contributed by atoms with van der Waals surface area (Å²) < 4.78 is 2.03. The molecule has 30 heavy (non-hydrogen) atoms. The van der Waals surface area contributed by atoms with E-state index in [2.05, 4.69) is 21.9 Å². The number of benzene rings is 1. The third kappa shape index (κ3) is 3.21. The SMILES string of the molecule is Cc1cc2c(cc1C(=O)N1CCN(C)CC1)[nH]c(=O)c1cnc(C3CCCCC3)n12. The number of aromatic nitrogens is 3. The first-order chi connectivity index (χ1) is 14.5. The van der Waals surface area contributed by atoms with E-state index in [0.29, 0.717) is 22.5 Å². The van der Waals surface area contributed by atoms with E-state index in [1.165, 1.54) is 19.3 Å². The number of rotatable bonds is 2. The van der Waals surface area contributed by atoms with Gasteiger partial charge in [0.2, 0.25) is 0 Å². The van der Waals surface area contributed by atoms with E-state index in [4.69, 9.17) is 0 Å². The molecule has 7 heteroatoms. The lowest BCUT2D eigenvalue weighted by Gasteiger charge is -2.32. The zero-order chi connectivity index (χ0) is 20.8. The smallest absolute Gasteiger partial charge is 0.274 e. The minimum Gasteiger partial charge on any atom is -0.336 e. The lowest BCUT2D eigenvalue weighted by Crippen LogP contribution is -2.47.